The van der Waals surface area contributed by atoms with E-state index < -0.39 is 101 Å². The van der Waals surface area contributed by atoms with Gasteiger partial charge in [0.25, 0.3) is 11.9 Å². The summed E-state index contributed by atoms with van der Waals surface area (Å²) in [6.07, 6.45) is -4.50. The highest BCUT2D eigenvalue weighted by atomic mass is 19.2. The van der Waals surface area contributed by atoms with Gasteiger partial charge in [-0.2, -0.15) is 18.2 Å². The van der Waals surface area contributed by atoms with Crippen molar-refractivity contribution in [2.75, 3.05) is 0 Å². The van der Waals surface area contributed by atoms with E-state index in [-0.39, 0.29) is 12.0 Å². The third kappa shape index (κ3) is 7.59. The number of hydrogen-bond donors (Lipinski definition) is 5. The number of nitrogens with zero attached hydrogens (tertiary/aromatic N) is 1. The first-order valence-electron chi connectivity index (χ1n) is 14.1. The van der Waals surface area contributed by atoms with Gasteiger partial charge in [-0.3, -0.25) is 14.4 Å². The number of aromatic hydroxyl groups is 1. The Kier molecular flexibility index (Phi) is 10.6. The number of aromatic nitrogens is 1. The molecule has 3 amide bonds. The number of benzene rings is 2. The Bertz CT molecular complexity index is 1630. The Hall–Kier alpha value is -5.05. The average Bonchev–Trinajstić information content (AvgIpc) is 3.02. The standard InChI is InChI=1S/C31H30F4N4O7/c1-14-25(41)19(13-18-22(32)23(33)27(35)39-26(18)34)36-30(44)24(38-29(43)17-10-6-7-11-21(17)40)15(2)46-31(45)20(37-28(14)42)12-16-8-4-3-5-9-16/h3-11,14-15,19-20,24-25,40-41H,12-13H2,1-2H3,(H,36,44)(H,37,42)(H,38,43). The first-order valence-corrected chi connectivity index (χ1v) is 14.1. The van der Waals surface area contributed by atoms with E-state index in [0.29, 0.717) is 5.56 Å². The topological polar surface area (TPSA) is 167 Å². The van der Waals surface area contributed by atoms with Gasteiger partial charge in [0.05, 0.1) is 23.6 Å². The molecule has 0 aliphatic carbocycles. The number of halogens is 4. The summed E-state index contributed by atoms with van der Waals surface area (Å²) in [4.78, 5) is 56.0. The molecule has 0 saturated carbocycles. The molecule has 6 unspecified atom stereocenters. The highest BCUT2D eigenvalue weighted by Crippen LogP contribution is 2.22. The lowest BCUT2D eigenvalue weighted by Gasteiger charge is -2.33. The number of carbonyl (C=O) groups excluding carboxylic acids is 4. The molecule has 0 radical (unpaired) electrons. The van der Waals surface area contributed by atoms with Gasteiger partial charge in [-0.05, 0) is 24.6 Å². The Balaban J connectivity index is 1.75. The second-order valence-corrected chi connectivity index (χ2v) is 10.8. The van der Waals surface area contributed by atoms with E-state index in [1.807, 2.05) is 0 Å². The summed E-state index contributed by atoms with van der Waals surface area (Å²) in [5.41, 5.74) is -0.787. The van der Waals surface area contributed by atoms with Crippen LogP contribution in [0.4, 0.5) is 17.6 Å². The van der Waals surface area contributed by atoms with Crippen LogP contribution >= 0.6 is 0 Å². The number of ether oxygens (including phenoxy) is 1. The third-order valence-electron chi connectivity index (χ3n) is 7.55. The van der Waals surface area contributed by atoms with Crippen LogP contribution in [0.15, 0.2) is 54.6 Å². The predicted octanol–water partition coefficient (Wildman–Crippen LogP) is 1.84. The van der Waals surface area contributed by atoms with Crippen molar-refractivity contribution in [1.82, 2.24) is 20.9 Å². The Morgan fingerprint density at radius 3 is 2.22 bits per heavy atom. The number of rotatable bonds is 6. The minimum atomic E-state index is -2.10. The van der Waals surface area contributed by atoms with Gasteiger partial charge < -0.3 is 30.9 Å². The monoisotopic (exact) mass is 646 g/mol. The average molecular weight is 647 g/mol. The van der Waals surface area contributed by atoms with Crippen LogP contribution in [0.25, 0.3) is 0 Å². The smallest absolute Gasteiger partial charge is 0.329 e. The maximum Gasteiger partial charge on any atom is 0.329 e. The molecule has 11 nitrogen and oxygen atoms in total. The fraction of sp³-hybridized carbons (Fsp3) is 0.323. The molecular weight excluding hydrogens is 616 g/mol. The van der Waals surface area contributed by atoms with E-state index in [9.17, 15) is 47.0 Å². The van der Waals surface area contributed by atoms with Gasteiger partial charge in [0.1, 0.15) is 23.9 Å². The number of esters is 1. The number of aliphatic hydroxyl groups is 1. The van der Waals surface area contributed by atoms with Gasteiger partial charge in [-0.1, -0.05) is 49.4 Å². The van der Waals surface area contributed by atoms with E-state index in [1.54, 1.807) is 30.3 Å². The van der Waals surface area contributed by atoms with Gasteiger partial charge in [0.15, 0.2) is 5.82 Å². The fourth-order valence-electron chi connectivity index (χ4n) is 4.90. The van der Waals surface area contributed by atoms with Gasteiger partial charge >= 0.3 is 5.97 Å². The lowest BCUT2D eigenvalue weighted by atomic mass is 9.91. The van der Waals surface area contributed by atoms with Crippen LogP contribution in [0.1, 0.15) is 35.3 Å². The molecule has 0 bridgehead atoms. The molecular formula is C31H30F4N4O7. The second kappa shape index (κ2) is 14.4. The molecule has 244 valence electrons. The second-order valence-electron chi connectivity index (χ2n) is 10.8. The molecule has 4 rings (SSSR count). The number of pyridine rings is 1. The number of para-hydroxylation sites is 1. The van der Waals surface area contributed by atoms with E-state index >= 15 is 0 Å². The van der Waals surface area contributed by atoms with Crippen molar-refractivity contribution in [3.8, 4) is 5.75 Å². The molecule has 1 aliphatic heterocycles. The van der Waals surface area contributed by atoms with Crippen molar-refractivity contribution in [1.29, 1.82) is 0 Å². The summed E-state index contributed by atoms with van der Waals surface area (Å²) in [7, 11) is 0. The summed E-state index contributed by atoms with van der Waals surface area (Å²) in [5, 5.41) is 28.5. The molecule has 5 N–H and O–H groups in total. The van der Waals surface area contributed by atoms with Crippen molar-refractivity contribution < 1.29 is 51.7 Å². The Morgan fingerprint density at radius 2 is 1.54 bits per heavy atom. The molecule has 6 atom stereocenters. The maximum absolute atomic E-state index is 14.7. The van der Waals surface area contributed by atoms with Crippen LogP contribution in [0.2, 0.25) is 0 Å². The van der Waals surface area contributed by atoms with Crippen LogP contribution in [0.3, 0.4) is 0 Å². The number of aliphatic hydroxyl groups excluding tert-OH is 1. The van der Waals surface area contributed by atoms with Crippen molar-refractivity contribution in [2.24, 2.45) is 5.92 Å². The number of amides is 3. The van der Waals surface area contributed by atoms with E-state index in [1.165, 1.54) is 38.1 Å². The van der Waals surface area contributed by atoms with E-state index in [0.717, 1.165) is 0 Å². The SMILES string of the molecule is CC1OC(=O)C(Cc2ccccc2)NC(=O)C(C)C(O)C(Cc2c(F)nc(F)c(F)c2F)NC(=O)C1NC(=O)c1ccccc1O. The number of cyclic esters (lactones) is 1. The quantitative estimate of drug-likeness (QED) is 0.154. The molecule has 15 heteroatoms. The normalized spacial score (nSPS) is 24.1. The van der Waals surface area contributed by atoms with Crippen molar-refractivity contribution in [3.05, 3.63) is 94.8 Å². The molecule has 0 spiro atoms. The van der Waals surface area contributed by atoms with Gasteiger partial charge in [0.2, 0.25) is 23.6 Å². The molecule has 1 aliphatic rings. The number of phenolic OH excluding ortho intramolecular Hbond substituents is 1. The summed E-state index contributed by atoms with van der Waals surface area (Å²) in [6, 6.07) is 8.94. The molecule has 1 fully saturated rings. The Labute approximate surface area is 260 Å². The van der Waals surface area contributed by atoms with Crippen LogP contribution in [0, 0.1) is 29.4 Å². The minimum absolute atomic E-state index is 0.0809. The maximum atomic E-state index is 14.7. The Morgan fingerprint density at radius 1 is 0.891 bits per heavy atom. The van der Waals surface area contributed by atoms with Crippen molar-refractivity contribution in [3.63, 3.8) is 0 Å². The third-order valence-corrected chi connectivity index (χ3v) is 7.55. The highest BCUT2D eigenvalue weighted by molar-refractivity contribution is 6.00. The molecule has 1 aromatic heterocycles. The largest absolute Gasteiger partial charge is 0.507 e. The highest BCUT2D eigenvalue weighted by Gasteiger charge is 2.40. The van der Waals surface area contributed by atoms with Gasteiger partial charge in [-0.25, -0.2) is 9.18 Å². The van der Waals surface area contributed by atoms with Crippen LogP contribution in [0.5, 0.6) is 5.75 Å². The van der Waals surface area contributed by atoms with Crippen molar-refractivity contribution >= 4 is 23.7 Å². The summed E-state index contributed by atoms with van der Waals surface area (Å²) in [5.74, 6) is -13.8. The summed E-state index contributed by atoms with van der Waals surface area (Å²) in [6.45, 7) is 2.44. The minimum Gasteiger partial charge on any atom is -0.507 e. The van der Waals surface area contributed by atoms with E-state index in [4.69, 9.17) is 4.74 Å². The lowest BCUT2D eigenvalue weighted by molar-refractivity contribution is -0.156. The molecule has 1 saturated heterocycles. The van der Waals surface area contributed by atoms with Gasteiger partial charge in [-0.15, -0.1) is 0 Å². The zero-order valence-corrected chi connectivity index (χ0v) is 24.5. The van der Waals surface area contributed by atoms with Gasteiger partial charge in [0, 0.05) is 18.4 Å². The lowest BCUT2D eigenvalue weighted by Crippen LogP contribution is -2.61. The molecule has 46 heavy (non-hydrogen) atoms. The first kappa shape index (κ1) is 33.8. The predicted molar refractivity (Wildman–Crippen MR) is 152 cm³/mol. The molecule has 2 aromatic carbocycles. The number of nitrogens with one attached hydrogen (secondary N) is 3. The zero-order valence-electron chi connectivity index (χ0n) is 24.5. The first-order chi connectivity index (χ1) is 21.8. The number of carbonyl (C=O) groups is 4. The van der Waals surface area contributed by atoms with Crippen LogP contribution in [-0.4, -0.2) is 69.2 Å². The van der Waals surface area contributed by atoms with Crippen molar-refractivity contribution in [2.45, 2.75) is 57.0 Å². The summed E-state index contributed by atoms with van der Waals surface area (Å²) < 4.78 is 62.2. The fourth-order valence-corrected chi connectivity index (χ4v) is 4.90. The van der Waals surface area contributed by atoms with E-state index in [2.05, 4.69) is 20.9 Å². The number of hydrogen-bond acceptors (Lipinski definition) is 8. The molecule has 2 heterocycles. The molecule has 3 aromatic rings. The summed E-state index contributed by atoms with van der Waals surface area (Å²) >= 11 is 0. The zero-order chi connectivity index (χ0) is 33.7. The van der Waals surface area contributed by atoms with Crippen LogP contribution < -0.4 is 16.0 Å². The number of phenols is 1. The van der Waals surface area contributed by atoms with Crippen LogP contribution in [-0.2, 0) is 32.0 Å².